The molecule has 142 valence electrons. The van der Waals surface area contributed by atoms with Crippen LogP contribution in [-0.2, 0) is 19.1 Å². The zero-order valence-electron chi connectivity index (χ0n) is 15.6. The number of carbonyl (C=O) groups is 2. The third-order valence-electron chi connectivity index (χ3n) is 4.56. The van der Waals surface area contributed by atoms with E-state index in [1.807, 2.05) is 12.1 Å². The van der Waals surface area contributed by atoms with Crippen LogP contribution in [-0.4, -0.2) is 30.8 Å². The Labute approximate surface area is 158 Å². The van der Waals surface area contributed by atoms with Crippen molar-refractivity contribution in [1.82, 2.24) is 0 Å². The van der Waals surface area contributed by atoms with Crippen LogP contribution in [0.3, 0.4) is 0 Å². The van der Waals surface area contributed by atoms with Gasteiger partial charge in [-0.05, 0) is 31.0 Å². The lowest BCUT2D eigenvalue weighted by molar-refractivity contribution is -0.222. The number of esters is 2. The van der Waals surface area contributed by atoms with E-state index in [1.165, 1.54) is 32.9 Å². The van der Waals surface area contributed by atoms with Crippen molar-refractivity contribution in [3.8, 4) is 6.07 Å². The summed E-state index contributed by atoms with van der Waals surface area (Å²) in [5.74, 6) is -2.76. The number of hydrogen-bond donors (Lipinski definition) is 1. The molecule has 1 N–H and O–H groups in total. The Balaban J connectivity index is 1.77. The number of nitrogens with one attached hydrogen (secondary N) is 1. The second-order valence-corrected chi connectivity index (χ2v) is 7.13. The molecule has 0 aliphatic carbocycles. The first-order valence-corrected chi connectivity index (χ1v) is 9.12. The first kappa shape index (κ1) is 18.8. The molecule has 1 aromatic carbocycles. The number of ether oxygens (including phenoxy) is 2. The van der Waals surface area contributed by atoms with E-state index in [2.05, 4.69) is 16.3 Å². The van der Waals surface area contributed by atoms with Crippen molar-refractivity contribution in [2.24, 2.45) is 0 Å². The van der Waals surface area contributed by atoms with Crippen molar-refractivity contribution in [3.63, 3.8) is 0 Å². The molecule has 27 heavy (non-hydrogen) atoms. The van der Waals surface area contributed by atoms with Crippen LogP contribution in [0.25, 0.3) is 0 Å². The van der Waals surface area contributed by atoms with Gasteiger partial charge in [0.25, 0.3) is 5.79 Å². The molecule has 2 heterocycles. The molecule has 0 spiro atoms. The second kappa shape index (κ2) is 7.70. The fraction of sp³-hybridized carbons (Fsp3) is 0.450. The van der Waals surface area contributed by atoms with Gasteiger partial charge < -0.3 is 19.7 Å². The minimum atomic E-state index is -1.27. The Hall–Kier alpha value is -3.01. The molecule has 2 fully saturated rings. The van der Waals surface area contributed by atoms with Gasteiger partial charge in [-0.15, -0.1) is 0 Å². The first-order chi connectivity index (χ1) is 12.9. The molecular weight excluding hydrogens is 346 g/mol. The summed E-state index contributed by atoms with van der Waals surface area (Å²) in [7, 11) is 0. The smallest absolute Gasteiger partial charge is 0.350 e. The molecule has 3 rings (SSSR count). The first-order valence-electron chi connectivity index (χ1n) is 9.12. The summed E-state index contributed by atoms with van der Waals surface area (Å²) in [5.41, 5.74) is 1.85. The molecule has 0 radical (unpaired) electrons. The monoisotopic (exact) mass is 369 g/mol. The van der Waals surface area contributed by atoms with Gasteiger partial charge in [0.15, 0.2) is 5.57 Å². The lowest BCUT2D eigenvalue weighted by atomic mass is 10.1. The van der Waals surface area contributed by atoms with Crippen LogP contribution in [0.2, 0.25) is 0 Å². The Morgan fingerprint density at radius 1 is 1.11 bits per heavy atom. The predicted molar refractivity (Wildman–Crippen MR) is 99.8 cm³/mol. The zero-order valence-corrected chi connectivity index (χ0v) is 15.6. The number of rotatable bonds is 3. The minimum absolute atomic E-state index is 0.218. The van der Waals surface area contributed by atoms with E-state index in [1.54, 1.807) is 6.07 Å². The van der Waals surface area contributed by atoms with Crippen molar-refractivity contribution in [2.75, 3.05) is 23.3 Å². The van der Waals surface area contributed by atoms with Crippen molar-refractivity contribution in [1.29, 1.82) is 5.26 Å². The third-order valence-corrected chi connectivity index (χ3v) is 4.56. The van der Waals surface area contributed by atoms with Gasteiger partial charge in [-0.2, -0.15) is 5.26 Å². The minimum Gasteiger partial charge on any atom is -0.419 e. The lowest BCUT2D eigenvalue weighted by Crippen LogP contribution is -2.42. The number of benzene rings is 1. The van der Waals surface area contributed by atoms with E-state index >= 15 is 0 Å². The van der Waals surface area contributed by atoms with Crippen LogP contribution in [0.15, 0.2) is 30.0 Å². The van der Waals surface area contributed by atoms with Crippen molar-refractivity contribution in [2.45, 2.75) is 45.3 Å². The van der Waals surface area contributed by atoms with E-state index in [-0.39, 0.29) is 5.57 Å². The predicted octanol–water partition coefficient (Wildman–Crippen LogP) is 3.07. The topological polar surface area (TPSA) is 91.7 Å². The van der Waals surface area contributed by atoms with Gasteiger partial charge in [0.05, 0.1) is 11.3 Å². The van der Waals surface area contributed by atoms with Crippen LogP contribution < -0.4 is 10.2 Å². The third kappa shape index (κ3) is 4.40. The maximum atomic E-state index is 12.0. The summed E-state index contributed by atoms with van der Waals surface area (Å²) in [5, 5.41) is 12.4. The van der Waals surface area contributed by atoms with Gasteiger partial charge in [-0.25, -0.2) is 9.59 Å². The fourth-order valence-electron chi connectivity index (χ4n) is 3.24. The van der Waals surface area contributed by atoms with Gasteiger partial charge >= 0.3 is 11.9 Å². The summed E-state index contributed by atoms with van der Waals surface area (Å²) in [6.07, 6.45) is 5.93. The van der Waals surface area contributed by atoms with Crippen LogP contribution >= 0.6 is 0 Å². The normalized spacial score (nSPS) is 19.4. The molecule has 2 aliphatic heterocycles. The lowest BCUT2D eigenvalue weighted by Gasteiger charge is -2.29. The highest BCUT2D eigenvalue weighted by atomic mass is 16.7. The van der Waals surface area contributed by atoms with Gasteiger partial charge in [-0.3, -0.25) is 0 Å². The molecule has 0 saturated carbocycles. The Morgan fingerprint density at radius 3 is 2.33 bits per heavy atom. The quantitative estimate of drug-likeness (QED) is 0.497. The second-order valence-electron chi connectivity index (χ2n) is 7.13. The highest BCUT2D eigenvalue weighted by Crippen LogP contribution is 2.27. The van der Waals surface area contributed by atoms with Crippen LogP contribution in [0.1, 0.15) is 45.1 Å². The average molecular weight is 369 g/mol. The number of cyclic esters (lactones) is 2. The summed E-state index contributed by atoms with van der Waals surface area (Å²) in [6, 6.07) is 7.66. The molecule has 0 atom stereocenters. The molecule has 0 aromatic heterocycles. The number of anilines is 2. The Kier molecular flexibility index (Phi) is 5.36. The van der Waals surface area contributed by atoms with Gasteiger partial charge in [0.1, 0.15) is 6.07 Å². The number of nitriles is 1. The summed E-state index contributed by atoms with van der Waals surface area (Å²) < 4.78 is 10.1. The zero-order chi connectivity index (χ0) is 19.4. The van der Waals surface area contributed by atoms with Crippen molar-refractivity contribution >= 4 is 23.3 Å². The average Bonchev–Trinajstić information content (AvgIpc) is 2.89. The van der Waals surface area contributed by atoms with Gasteiger partial charge in [-0.1, -0.05) is 12.8 Å². The maximum absolute atomic E-state index is 12.0. The number of hydrogen-bond acceptors (Lipinski definition) is 7. The van der Waals surface area contributed by atoms with Gasteiger partial charge in [0, 0.05) is 38.8 Å². The molecular formula is C20H23N3O4. The molecule has 2 saturated heterocycles. The molecule has 0 bridgehead atoms. The molecule has 0 amide bonds. The van der Waals surface area contributed by atoms with E-state index < -0.39 is 17.7 Å². The summed E-state index contributed by atoms with van der Waals surface area (Å²) in [4.78, 5) is 26.2. The van der Waals surface area contributed by atoms with E-state index in [4.69, 9.17) is 9.47 Å². The number of carbonyl (C=O) groups excluding carboxylic acids is 2. The van der Waals surface area contributed by atoms with Crippen LogP contribution in [0.4, 0.5) is 11.4 Å². The largest absolute Gasteiger partial charge is 0.419 e. The molecule has 1 aromatic rings. The molecule has 2 aliphatic rings. The SMILES string of the molecule is CC1(C)OC(=O)C(=CNc2ccc(N3CCCCCC3)c(C#N)c2)C(=O)O1. The molecule has 7 heteroatoms. The van der Waals surface area contributed by atoms with Crippen molar-refractivity contribution in [3.05, 3.63) is 35.5 Å². The van der Waals surface area contributed by atoms with E-state index in [0.717, 1.165) is 31.6 Å². The van der Waals surface area contributed by atoms with Crippen LogP contribution in [0.5, 0.6) is 0 Å². The van der Waals surface area contributed by atoms with E-state index in [9.17, 15) is 14.9 Å². The highest BCUT2D eigenvalue weighted by molar-refractivity contribution is 6.15. The maximum Gasteiger partial charge on any atom is 0.350 e. The van der Waals surface area contributed by atoms with Crippen molar-refractivity contribution < 1.29 is 19.1 Å². The number of nitrogens with zero attached hydrogens (tertiary/aromatic N) is 2. The Bertz CT molecular complexity index is 793. The summed E-state index contributed by atoms with van der Waals surface area (Å²) in [6.45, 7) is 4.87. The standard InChI is InChI=1S/C20H23N3O4/c1-20(2)26-18(24)16(19(25)27-20)13-22-15-7-8-17(14(11-15)12-21)23-9-5-3-4-6-10-23/h7-8,11,13,22H,3-6,9-10H2,1-2H3. The van der Waals surface area contributed by atoms with E-state index in [0.29, 0.717) is 11.3 Å². The van der Waals surface area contributed by atoms with Crippen LogP contribution in [0, 0.1) is 11.3 Å². The molecule has 7 nitrogen and oxygen atoms in total. The fourth-order valence-corrected chi connectivity index (χ4v) is 3.24. The Morgan fingerprint density at radius 2 is 1.74 bits per heavy atom. The highest BCUT2D eigenvalue weighted by Gasteiger charge is 2.38. The summed E-state index contributed by atoms with van der Waals surface area (Å²) >= 11 is 0. The van der Waals surface area contributed by atoms with Gasteiger partial charge in [0.2, 0.25) is 0 Å². The molecule has 0 unspecified atom stereocenters.